The van der Waals surface area contributed by atoms with Crippen molar-refractivity contribution >= 4 is 27.8 Å². The Balaban J connectivity index is 1.62. The molecule has 2 aromatic carbocycles. The molecule has 2 aliphatic heterocycles. The zero-order valence-electron chi connectivity index (χ0n) is 20.0. The lowest BCUT2D eigenvalue weighted by Gasteiger charge is -2.31. The molecule has 6 rings (SSSR count). The Morgan fingerprint density at radius 2 is 2.00 bits per heavy atom. The van der Waals surface area contributed by atoms with Crippen LogP contribution >= 0.6 is 0 Å². The van der Waals surface area contributed by atoms with E-state index in [4.69, 9.17) is 14.2 Å². The van der Waals surface area contributed by atoms with Gasteiger partial charge in [0.2, 0.25) is 0 Å². The van der Waals surface area contributed by atoms with E-state index in [-0.39, 0.29) is 17.6 Å². The minimum Gasteiger partial charge on any atom is -0.494 e. The average Bonchev–Trinajstić information content (AvgIpc) is 3.50. The van der Waals surface area contributed by atoms with Gasteiger partial charge in [0.1, 0.15) is 0 Å². The maximum atomic E-state index is 14.4. The lowest BCUT2D eigenvalue weighted by molar-refractivity contribution is -0.153. The first kappa shape index (κ1) is 23.0. The summed E-state index contributed by atoms with van der Waals surface area (Å²) in [5.41, 5.74) is 5.06. The highest BCUT2D eigenvalue weighted by Crippen LogP contribution is 2.45. The van der Waals surface area contributed by atoms with Crippen LogP contribution in [0.3, 0.4) is 0 Å². The number of ether oxygens (including phenoxy) is 3. The van der Waals surface area contributed by atoms with Crippen LogP contribution < -0.4 is 4.74 Å². The number of nitrogens with zero attached hydrogens (tertiary/aromatic N) is 2. The quantitative estimate of drug-likeness (QED) is 0.411. The van der Waals surface area contributed by atoms with Crippen molar-refractivity contribution in [1.82, 2.24) is 14.8 Å². The largest absolute Gasteiger partial charge is 0.494 e. The number of aromatic nitrogens is 3. The number of hydrogen-bond acceptors (Lipinski definition) is 5. The van der Waals surface area contributed by atoms with Crippen LogP contribution in [0.5, 0.6) is 5.75 Å². The minimum absolute atomic E-state index is 0.0323. The number of halogens is 1. The summed E-state index contributed by atoms with van der Waals surface area (Å²) in [4.78, 5) is 11.5. The van der Waals surface area contributed by atoms with Gasteiger partial charge in [-0.15, -0.1) is 0 Å². The number of benzene rings is 2. The van der Waals surface area contributed by atoms with E-state index in [1.165, 1.54) is 18.7 Å². The highest BCUT2D eigenvalue weighted by Gasteiger charge is 2.35. The number of fused-ring (bicyclic) bond motifs is 2. The molecule has 4 aromatic rings. The number of rotatable bonds is 5. The maximum Gasteiger partial charge on any atom is 0.332 e. The molecule has 2 N–H and O–H groups in total. The Hall–Kier alpha value is -3.43. The summed E-state index contributed by atoms with van der Waals surface area (Å²) in [5.74, 6) is -0.888. The van der Waals surface area contributed by atoms with Gasteiger partial charge >= 0.3 is 5.97 Å². The van der Waals surface area contributed by atoms with E-state index >= 15 is 0 Å². The molecule has 0 spiro atoms. The predicted octanol–water partition coefficient (Wildman–Crippen LogP) is 4.90. The summed E-state index contributed by atoms with van der Waals surface area (Å²) in [7, 11) is 1.47. The van der Waals surface area contributed by atoms with Crippen LogP contribution in [0.1, 0.15) is 48.8 Å². The summed E-state index contributed by atoms with van der Waals surface area (Å²) in [6.07, 6.45) is 3.92. The van der Waals surface area contributed by atoms with E-state index in [2.05, 4.69) is 26.9 Å². The lowest BCUT2D eigenvalue weighted by atomic mass is 9.84. The Morgan fingerprint density at radius 3 is 2.72 bits per heavy atom. The molecule has 0 saturated carbocycles. The third kappa shape index (κ3) is 3.83. The number of hydrogen-bond donors (Lipinski definition) is 2. The number of carboxylic acids is 1. The van der Waals surface area contributed by atoms with Gasteiger partial charge in [-0.25, -0.2) is 9.18 Å². The molecule has 9 heteroatoms. The molecule has 0 aliphatic carbocycles. The fourth-order valence-electron chi connectivity index (χ4n) is 5.81. The maximum absolute atomic E-state index is 14.4. The Bertz CT molecular complexity index is 1430. The van der Waals surface area contributed by atoms with Crippen LogP contribution in [0.15, 0.2) is 36.5 Å². The van der Waals surface area contributed by atoms with Crippen molar-refractivity contribution < 1.29 is 28.5 Å². The van der Waals surface area contributed by atoms with Crippen molar-refractivity contribution in [2.45, 2.75) is 43.6 Å². The molecule has 2 unspecified atom stereocenters. The van der Waals surface area contributed by atoms with E-state index in [0.29, 0.717) is 32.7 Å². The summed E-state index contributed by atoms with van der Waals surface area (Å²) < 4.78 is 33.4. The fourth-order valence-corrected chi connectivity index (χ4v) is 5.81. The lowest BCUT2D eigenvalue weighted by Crippen LogP contribution is -2.31. The second-order valence-corrected chi connectivity index (χ2v) is 9.60. The van der Waals surface area contributed by atoms with Gasteiger partial charge in [0.25, 0.3) is 0 Å². The van der Waals surface area contributed by atoms with Crippen LogP contribution in [0.4, 0.5) is 4.39 Å². The molecule has 0 radical (unpaired) electrons. The van der Waals surface area contributed by atoms with Gasteiger partial charge in [-0.05, 0) is 55.5 Å². The summed E-state index contributed by atoms with van der Waals surface area (Å²) in [5, 5.41) is 18.8. The third-order valence-corrected chi connectivity index (χ3v) is 7.56. The second-order valence-electron chi connectivity index (χ2n) is 9.60. The molecule has 2 atom stereocenters. The first-order valence-corrected chi connectivity index (χ1v) is 12.3. The van der Waals surface area contributed by atoms with Crippen LogP contribution in [0.2, 0.25) is 0 Å². The topological polar surface area (TPSA) is 98.6 Å². The van der Waals surface area contributed by atoms with Crippen molar-refractivity contribution in [3.63, 3.8) is 0 Å². The Morgan fingerprint density at radius 1 is 1.17 bits per heavy atom. The van der Waals surface area contributed by atoms with E-state index in [9.17, 15) is 14.3 Å². The van der Waals surface area contributed by atoms with Crippen molar-refractivity contribution in [3.8, 4) is 11.4 Å². The molecule has 2 aliphatic rings. The predicted molar refractivity (Wildman–Crippen MR) is 132 cm³/mol. The number of carboxylic acid groups (broad SMARTS) is 1. The molecule has 2 aromatic heterocycles. The van der Waals surface area contributed by atoms with Crippen LogP contribution in [-0.2, 0) is 14.3 Å². The van der Waals surface area contributed by atoms with Crippen molar-refractivity contribution in [2.75, 3.05) is 26.9 Å². The van der Waals surface area contributed by atoms with E-state index < -0.39 is 17.9 Å². The average molecular weight is 494 g/mol. The Labute approximate surface area is 206 Å². The number of carbonyl (C=O) groups is 1. The van der Waals surface area contributed by atoms with Crippen molar-refractivity contribution in [1.29, 1.82) is 0 Å². The molecule has 188 valence electrons. The smallest absolute Gasteiger partial charge is 0.332 e. The molecule has 0 bridgehead atoms. The molecule has 8 nitrogen and oxygen atoms in total. The number of H-pyrrole nitrogens is 1. The number of nitrogens with one attached hydrogen (secondary N) is 1. The SMILES string of the molecule is COc1cc(-n2c(C3CCOCC3)c(C3CCC(C(=O)O)OC3)c3cc4[nH]ncc4cc32)ccc1F. The first-order chi connectivity index (χ1) is 17.5. The van der Waals surface area contributed by atoms with E-state index in [1.807, 2.05) is 0 Å². The normalized spacial score (nSPS) is 21.3. The zero-order chi connectivity index (χ0) is 24.8. The Kier molecular flexibility index (Phi) is 5.89. The first-order valence-electron chi connectivity index (χ1n) is 12.3. The van der Waals surface area contributed by atoms with Gasteiger partial charge in [-0.3, -0.25) is 5.10 Å². The molecule has 2 saturated heterocycles. The van der Waals surface area contributed by atoms with Crippen LogP contribution in [0, 0.1) is 5.82 Å². The molecule has 36 heavy (non-hydrogen) atoms. The third-order valence-electron chi connectivity index (χ3n) is 7.56. The van der Waals surface area contributed by atoms with E-state index in [1.54, 1.807) is 18.3 Å². The fraction of sp³-hybridized carbons (Fsp3) is 0.407. The minimum atomic E-state index is -0.918. The van der Waals surface area contributed by atoms with Crippen molar-refractivity contribution in [2.24, 2.45) is 0 Å². The zero-order valence-corrected chi connectivity index (χ0v) is 20.0. The molecule has 4 heterocycles. The van der Waals surface area contributed by atoms with Gasteiger partial charge in [0.15, 0.2) is 17.7 Å². The van der Waals surface area contributed by atoms with Gasteiger partial charge < -0.3 is 23.9 Å². The highest BCUT2D eigenvalue weighted by atomic mass is 19.1. The number of aromatic amines is 1. The number of aliphatic carboxylic acids is 1. The molecule has 0 amide bonds. The van der Waals surface area contributed by atoms with Gasteiger partial charge in [0.05, 0.1) is 30.9 Å². The van der Waals surface area contributed by atoms with Crippen molar-refractivity contribution in [3.05, 3.63) is 53.6 Å². The summed E-state index contributed by atoms with van der Waals surface area (Å²) >= 11 is 0. The summed E-state index contributed by atoms with van der Waals surface area (Å²) in [6.45, 7) is 1.68. The standard InChI is InChI=1S/C27H28FN3O5/c1-34-24-11-18(3-4-20(24)28)31-22-10-17-13-29-30-21(17)12-19(22)25(26(31)15-6-8-35-9-7-15)16-2-5-23(27(32)33)36-14-16/h3-4,10-13,15-16,23H,2,5-9,14H2,1H3,(H,29,30)(H,32,33). The van der Waals surface area contributed by atoms with Crippen LogP contribution in [0.25, 0.3) is 27.5 Å². The van der Waals surface area contributed by atoms with Gasteiger partial charge in [0, 0.05) is 53.3 Å². The molecular formula is C27H28FN3O5. The van der Waals surface area contributed by atoms with Gasteiger partial charge in [-0.2, -0.15) is 5.10 Å². The number of methoxy groups -OCH3 is 1. The van der Waals surface area contributed by atoms with E-state index in [0.717, 1.165) is 46.0 Å². The van der Waals surface area contributed by atoms with Crippen LogP contribution in [-0.4, -0.2) is 58.9 Å². The van der Waals surface area contributed by atoms with Gasteiger partial charge in [-0.1, -0.05) is 0 Å². The molecule has 2 fully saturated rings. The summed E-state index contributed by atoms with van der Waals surface area (Å²) in [6, 6.07) is 9.18. The monoisotopic (exact) mass is 493 g/mol. The highest BCUT2D eigenvalue weighted by molar-refractivity contribution is 5.99. The molecular weight excluding hydrogens is 465 g/mol. The second kappa shape index (κ2) is 9.22.